The zero-order valence-corrected chi connectivity index (χ0v) is 9.78. The van der Waals surface area contributed by atoms with Crippen molar-refractivity contribution in [3.63, 3.8) is 0 Å². The average molecular weight is 261 g/mol. The molecule has 0 aliphatic rings. The number of hydrogen-bond acceptors (Lipinski definition) is 2. The van der Waals surface area contributed by atoms with Gasteiger partial charge < -0.3 is 0 Å². The third-order valence-corrected chi connectivity index (χ3v) is 6.45. The van der Waals surface area contributed by atoms with E-state index in [1.54, 1.807) is 6.20 Å². The van der Waals surface area contributed by atoms with Crippen molar-refractivity contribution in [2.75, 3.05) is 0 Å². The molecule has 1 aromatic rings. The first kappa shape index (κ1) is 8.90. The van der Waals surface area contributed by atoms with Gasteiger partial charge in [-0.1, -0.05) is 0 Å². The van der Waals surface area contributed by atoms with Crippen molar-refractivity contribution >= 4 is 22.1 Å². The van der Waals surface area contributed by atoms with E-state index in [4.69, 9.17) is 0 Å². The Kier molecular flexibility index (Phi) is 2.46. The Morgan fingerprint density at radius 1 is 1.27 bits per heavy atom. The molecule has 2 nitrogen and oxygen atoms in total. The van der Waals surface area contributed by atoms with Crippen LogP contribution in [0.25, 0.3) is 0 Å². The Labute approximate surface area is 69.7 Å². The minimum absolute atomic E-state index is 0.464. The van der Waals surface area contributed by atoms with Crippen LogP contribution in [0.15, 0.2) is 12.4 Å². The molecule has 1 aromatic heterocycles. The second kappa shape index (κ2) is 3.05. The fourth-order valence-electron chi connectivity index (χ4n) is 0.704. The van der Waals surface area contributed by atoms with Crippen LogP contribution >= 0.6 is 0 Å². The Morgan fingerprint density at radius 3 is 2.27 bits per heavy atom. The van der Waals surface area contributed by atoms with E-state index in [9.17, 15) is 4.39 Å². The first-order chi connectivity index (χ1) is 5.00. The van der Waals surface area contributed by atoms with Gasteiger partial charge in [-0.05, 0) is 0 Å². The minimum atomic E-state index is -2.17. The molecule has 11 heavy (non-hydrogen) atoms. The summed E-state index contributed by atoms with van der Waals surface area (Å²) < 4.78 is 13.4. The molecule has 0 atom stereocenters. The molecule has 1 heterocycles. The molecule has 0 aliphatic carbocycles. The van der Waals surface area contributed by atoms with Crippen molar-refractivity contribution in [1.82, 2.24) is 9.97 Å². The Morgan fingerprint density at radius 2 is 1.91 bits per heavy atom. The van der Waals surface area contributed by atoms with E-state index in [1.807, 2.05) is 0 Å². The average Bonchev–Trinajstić information content (AvgIpc) is 1.86. The topological polar surface area (TPSA) is 25.8 Å². The van der Waals surface area contributed by atoms with E-state index in [-0.39, 0.29) is 0 Å². The summed E-state index contributed by atoms with van der Waals surface area (Å²) in [6.45, 7) is 0. The second-order valence-corrected chi connectivity index (χ2v) is 17.8. The molecule has 0 spiro atoms. The summed E-state index contributed by atoms with van der Waals surface area (Å²) in [7, 11) is 0. The normalized spacial score (nSPS) is 11.6. The fraction of sp³-hybridized carbons (Fsp3) is 0.429. The maximum atomic E-state index is 12.6. The van der Waals surface area contributed by atoms with Crippen LogP contribution in [0.5, 0.6) is 0 Å². The van der Waals surface area contributed by atoms with Crippen molar-refractivity contribution in [3.05, 3.63) is 18.3 Å². The molecular formula is C7H11FN2Sn. The Bertz CT molecular complexity index is 257. The number of nitrogens with zero attached hydrogens (tertiary/aromatic N) is 2. The number of aromatic nitrogens is 2. The molecule has 4 heteroatoms. The van der Waals surface area contributed by atoms with Gasteiger partial charge in [-0.3, -0.25) is 0 Å². The van der Waals surface area contributed by atoms with Gasteiger partial charge in [0.1, 0.15) is 0 Å². The third kappa shape index (κ3) is 2.39. The van der Waals surface area contributed by atoms with Gasteiger partial charge in [-0.15, -0.1) is 0 Å². The molecule has 0 bridgehead atoms. The quantitative estimate of drug-likeness (QED) is 0.709. The van der Waals surface area contributed by atoms with Gasteiger partial charge in [0.2, 0.25) is 0 Å². The molecule has 0 aliphatic heterocycles. The van der Waals surface area contributed by atoms with Gasteiger partial charge in [0.25, 0.3) is 0 Å². The zero-order chi connectivity index (χ0) is 8.48. The predicted molar refractivity (Wildman–Crippen MR) is 45.0 cm³/mol. The second-order valence-electron chi connectivity index (χ2n) is 3.48. The van der Waals surface area contributed by atoms with Crippen LogP contribution < -0.4 is 3.71 Å². The molecule has 0 radical (unpaired) electrons. The van der Waals surface area contributed by atoms with E-state index in [0.29, 0.717) is 0 Å². The molecule has 1 rings (SSSR count). The van der Waals surface area contributed by atoms with Gasteiger partial charge in [-0.2, -0.15) is 0 Å². The summed E-state index contributed by atoms with van der Waals surface area (Å²) >= 11 is -2.17. The van der Waals surface area contributed by atoms with Gasteiger partial charge in [0.05, 0.1) is 0 Å². The van der Waals surface area contributed by atoms with Crippen LogP contribution in [0.2, 0.25) is 14.8 Å². The van der Waals surface area contributed by atoms with Crippen LogP contribution in [0.1, 0.15) is 0 Å². The van der Waals surface area contributed by atoms with E-state index >= 15 is 0 Å². The Hall–Kier alpha value is -0.191. The summed E-state index contributed by atoms with van der Waals surface area (Å²) in [6, 6.07) is 0. The molecule has 0 N–H and O–H groups in total. The van der Waals surface area contributed by atoms with Crippen LogP contribution in [0.4, 0.5) is 4.39 Å². The van der Waals surface area contributed by atoms with Gasteiger partial charge >= 0.3 is 69.6 Å². The molecular weight excluding hydrogens is 250 g/mol. The summed E-state index contributed by atoms with van der Waals surface area (Å²) in [5.41, 5.74) is 0. The zero-order valence-electron chi connectivity index (χ0n) is 6.93. The number of rotatable bonds is 1. The van der Waals surface area contributed by atoms with Gasteiger partial charge in [0.15, 0.2) is 0 Å². The molecule has 60 valence electrons. The molecule has 0 amide bonds. The van der Waals surface area contributed by atoms with E-state index in [1.165, 1.54) is 0 Å². The van der Waals surface area contributed by atoms with Crippen molar-refractivity contribution in [2.45, 2.75) is 14.8 Å². The molecule has 0 fully saturated rings. The van der Waals surface area contributed by atoms with Crippen molar-refractivity contribution < 1.29 is 4.39 Å². The third-order valence-electron chi connectivity index (χ3n) is 1.37. The predicted octanol–water partition coefficient (Wildman–Crippen LogP) is 1.16. The van der Waals surface area contributed by atoms with Gasteiger partial charge in [-0.25, -0.2) is 0 Å². The van der Waals surface area contributed by atoms with Gasteiger partial charge in [0, 0.05) is 0 Å². The van der Waals surface area contributed by atoms with Crippen LogP contribution in [0, 0.1) is 5.95 Å². The summed E-state index contributed by atoms with van der Waals surface area (Å²) in [4.78, 5) is 14.1. The monoisotopic (exact) mass is 262 g/mol. The summed E-state index contributed by atoms with van der Waals surface area (Å²) in [5, 5.41) is 0. The van der Waals surface area contributed by atoms with Crippen molar-refractivity contribution in [2.24, 2.45) is 0 Å². The number of halogens is 1. The maximum absolute atomic E-state index is 12.6. The molecule has 0 saturated heterocycles. The van der Waals surface area contributed by atoms with Crippen molar-refractivity contribution in [3.8, 4) is 0 Å². The molecule has 0 aromatic carbocycles. The van der Waals surface area contributed by atoms with E-state index in [2.05, 4.69) is 24.8 Å². The summed E-state index contributed by atoms with van der Waals surface area (Å²) in [5.74, 6) is -0.464. The Balaban J connectivity index is 3.06. The van der Waals surface area contributed by atoms with Crippen LogP contribution in [0.3, 0.4) is 0 Å². The van der Waals surface area contributed by atoms with Crippen LogP contribution in [-0.4, -0.2) is 28.3 Å². The fourth-order valence-corrected chi connectivity index (χ4v) is 3.28. The van der Waals surface area contributed by atoms with E-state index in [0.717, 1.165) is 9.91 Å². The SMILES string of the molecule is [CH3][Sn]([CH3])([CH3])[c]1cncc(F)n1. The first-order valence-corrected chi connectivity index (χ1v) is 13.5. The molecule has 0 saturated carbocycles. The van der Waals surface area contributed by atoms with Crippen molar-refractivity contribution in [1.29, 1.82) is 0 Å². The standard InChI is InChI=1S/C4H2FN2.3CH3.Sn/c5-4-3-6-1-2-7-4;;;;/h1,3H;3*1H3;. The number of hydrogen-bond donors (Lipinski definition) is 0. The first-order valence-electron chi connectivity index (χ1n) is 3.48. The molecule has 0 unspecified atom stereocenters. The van der Waals surface area contributed by atoms with Crippen LogP contribution in [-0.2, 0) is 0 Å². The summed E-state index contributed by atoms with van der Waals surface area (Å²) in [6.07, 6.45) is 2.82. The van der Waals surface area contributed by atoms with E-state index < -0.39 is 24.3 Å².